The van der Waals surface area contributed by atoms with E-state index in [0.29, 0.717) is 18.8 Å². The molecule has 0 spiro atoms. The lowest BCUT2D eigenvalue weighted by Crippen LogP contribution is -2.66. The van der Waals surface area contributed by atoms with E-state index in [1.54, 1.807) is 6.92 Å². The van der Waals surface area contributed by atoms with Crippen molar-refractivity contribution in [1.29, 1.82) is 0 Å². The van der Waals surface area contributed by atoms with Crippen molar-refractivity contribution in [2.24, 2.45) is 50.2 Å². The first-order valence-electron chi connectivity index (χ1n) is 20.2. The molecule has 4 saturated carbocycles. The van der Waals surface area contributed by atoms with Crippen LogP contribution in [0.5, 0.6) is 0 Å². The molecule has 12 nitrogen and oxygen atoms in total. The summed E-state index contributed by atoms with van der Waals surface area (Å²) in [6.07, 6.45) is -1.18. The predicted molar refractivity (Wildman–Crippen MR) is 192 cm³/mol. The third kappa shape index (κ3) is 5.77. The maximum absolute atomic E-state index is 13.0. The fourth-order valence-corrected chi connectivity index (χ4v) is 13.4. The standard InChI is InChI=1S/C41H66O12/c1-21-28(44)30(46)31(47)33(50-21)53-32-29(45)24(19-42)51-34(32)52-27-11-12-37(4)25(38(27,5)20-43)10-13-40(7)26(37)9-8-22-23-18-36(2,3)14-16-41(23,35(48)49)17-15-39(22,40)6/h8,21,23-34,42-47H,9-20H2,1-7H3,(H,48,49)/t21-,23-,24-,25+,26+,27-,28-,29-,30+,31+,32+,33-,34-,37-,38-,39+,40+,41-/m0/s1. The number of carboxylic acid groups (broad SMARTS) is 1. The zero-order valence-electron chi connectivity index (χ0n) is 32.7. The summed E-state index contributed by atoms with van der Waals surface area (Å²) in [5, 5.41) is 74.4. The average Bonchev–Trinajstić information content (AvgIpc) is 3.40. The molecule has 0 amide bonds. The Kier molecular flexibility index (Phi) is 10.2. The summed E-state index contributed by atoms with van der Waals surface area (Å²) >= 11 is 0. The van der Waals surface area contributed by atoms with Crippen molar-refractivity contribution in [3.63, 3.8) is 0 Å². The molecule has 2 heterocycles. The number of ether oxygens (including phenoxy) is 4. The predicted octanol–water partition coefficient (Wildman–Crippen LogP) is 3.52. The molecule has 18 atom stereocenters. The SMILES string of the molecule is C[C@@H]1O[C@@H](O[C@H]2[C@H](O[C@H]3CC[C@@]4(C)[C@@H](CC[C@]5(C)[C@@H]4CC=C4[C@@H]6CC(C)(C)CC[C@]6(C(=O)O)CC[C@]45C)[C@]3(C)CO)O[C@@H](CO)[C@@H]2O)[C@H](O)[C@H](O)[C@H]1O. The van der Waals surface area contributed by atoms with Crippen molar-refractivity contribution < 1.29 is 59.5 Å². The molecule has 53 heavy (non-hydrogen) atoms. The molecule has 7 N–H and O–H groups in total. The quantitative estimate of drug-likeness (QED) is 0.188. The topological polar surface area (TPSA) is 196 Å². The lowest BCUT2D eigenvalue weighted by atomic mass is 9.33. The van der Waals surface area contributed by atoms with Gasteiger partial charge in [-0.3, -0.25) is 4.79 Å². The number of rotatable bonds is 7. The lowest BCUT2D eigenvalue weighted by Gasteiger charge is -2.71. The molecule has 12 heteroatoms. The fraction of sp³-hybridized carbons (Fsp3) is 0.927. The van der Waals surface area contributed by atoms with Gasteiger partial charge in [-0.05, 0) is 111 Å². The molecular formula is C41H66O12. The van der Waals surface area contributed by atoms with Crippen LogP contribution in [0.4, 0.5) is 0 Å². The van der Waals surface area contributed by atoms with Crippen LogP contribution < -0.4 is 0 Å². The summed E-state index contributed by atoms with van der Waals surface area (Å²) in [6, 6.07) is 0. The molecule has 0 aromatic heterocycles. The molecule has 0 aromatic rings. The summed E-state index contributed by atoms with van der Waals surface area (Å²) in [7, 11) is 0. The van der Waals surface area contributed by atoms with Crippen LogP contribution in [0, 0.1) is 50.2 Å². The Balaban J connectivity index is 1.15. The van der Waals surface area contributed by atoms with Crippen molar-refractivity contribution in [1.82, 2.24) is 0 Å². The zero-order chi connectivity index (χ0) is 38.7. The molecule has 7 rings (SSSR count). The summed E-state index contributed by atoms with van der Waals surface area (Å²) < 4.78 is 24.4. The smallest absolute Gasteiger partial charge is 0.310 e. The minimum absolute atomic E-state index is 0.0361. The lowest BCUT2D eigenvalue weighted by molar-refractivity contribution is -0.329. The van der Waals surface area contributed by atoms with Crippen molar-refractivity contribution in [2.75, 3.05) is 13.2 Å². The number of allylic oxidation sites excluding steroid dienone is 2. The summed E-state index contributed by atoms with van der Waals surface area (Å²) in [6.45, 7) is 14.9. The molecule has 0 radical (unpaired) electrons. The maximum atomic E-state index is 13.0. The highest BCUT2D eigenvalue weighted by molar-refractivity contribution is 5.76. The Bertz CT molecular complexity index is 1440. The molecule has 302 valence electrons. The summed E-state index contributed by atoms with van der Waals surface area (Å²) in [5.41, 5.74) is -0.236. The van der Waals surface area contributed by atoms with Crippen molar-refractivity contribution in [3.05, 3.63) is 11.6 Å². The van der Waals surface area contributed by atoms with Gasteiger partial charge in [-0.25, -0.2) is 0 Å². The van der Waals surface area contributed by atoms with Crippen LogP contribution in [0.15, 0.2) is 11.6 Å². The Morgan fingerprint density at radius 1 is 0.811 bits per heavy atom. The van der Waals surface area contributed by atoms with E-state index in [0.717, 1.165) is 51.4 Å². The second-order valence-electron chi connectivity index (χ2n) is 20.0. The Morgan fingerprint density at radius 2 is 1.51 bits per heavy atom. The van der Waals surface area contributed by atoms with Crippen molar-refractivity contribution >= 4 is 5.97 Å². The molecule has 5 aliphatic carbocycles. The van der Waals surface area contributed by atoms with Crippen molar-refractivity contribution in [2.45, 2.75) is 174 Å². The van der Waals surface area contributed by atoms with E-state index in [2.05, 4.69) is 47.6 Å². The monoisotopic (exact) mass is 750 g/mol. The number of carboxylic acids is 1. The van der Waals surface area contributed by atoms with Gasteiger partial charge >= 0.3 is 5.97 Å². The minimum atomic E-state index is -1.60. The molecule has 0 aromatic carbocycles. The van der Waals surface area contributed by atoms with Crippen LogP contribution in [-0.4, -0.2) is 116 Å². The molecule has 2 saturated heterocycles. The van der Waals surface area contributed by atoms with E-state index >= 15 is 0 Å². The molecule has 2 aliphatic heterocycles. The normalized spacial score (nSPS) is 54.9. The van der Waals surface area contributed by atoms with Crippen LogP contribution in [0.3, 0.4) is 0 Å². The first kappa shape index (κ1) is 40.0. The molecule has 7 aliphatic rings. The van der Waals surface area contributed by atoms with Gasteiger partial charge in [0.1, 0.15) is 36.6 Å². The maximum Gasteiger partial charge on any atom is 0.310 e. The molecule has 0 bridgehead atoms. The highest BCUT2D eigenvalue weighted by atomic mass is 16.8. The summed E-state index contributed by atoms with van der Waals surface area (Å²) in [5.74, 6) is -0.192. The Hall–Kier alpha value is -1.19. The Morgan fingerprint density at radius 3 is 2.17 bits per heavy atom. The van der Waals surface area contributed by atoms with E-state index in [4.69, 9.17) is 18.9 Å². The van der Waals surface area contributed by atoms with Crippen LogP contribution >= 0.6 is 0 Å². The highest BCUT2D eigenvalue weighted by Crippen LogP contribution is 2.76. The zero-order valence-corrected chi connectivity index (χ0v) is 32.7. The van der Waals surface area contributed by atoms with Gasteiger partial charge in [0.05, 0.1) is 30.8 Å². The first-order valence-corrected chi connectivity index (χ1v) is 20.2. The largest absolute Gasteiger partial charge is 0.481 e. The second-order valence-corrected chi connectivity index (χ2v) is 20.0. The third-order valence-corrected chi connectivity index (χ3v) is 17.0. The van der Waals surface area contributed by atoms with E-state index < -0.39 is 84.8 Å². The number of hydrogen-bond donors (Lipinski definition) is 7. The number of hydrogen-bond acceptors (Lipinski definition) is 11. The number of aliphatic carboxylic acids is 1. The van der Waals surface area contributed by atoms with Gasteiger partial charge in [0.25, 0.3) is 0 Å². The van der Waals surface area contributed by atoms with Gasteiger partial charge in [0, 0.05) is 5.41 Å². The number of aliphatic hydroxyl groups is 6. The number of aliphatic hydroxyl groups excluding tert-OH is 6. The van der Waals surface area contributed by atoms with Crippen LogP contribution in [0.2, 0.25) is 0 Å². The average molecular weight is 751 g/mol. The van der Waals surface area contributed by atoms with Gasteiger partial charge < -0.3 is 54.7 Å². The van der Waals surface area contributed by atoms with Gasteiger partial charge in [-0.15, -0.1) is 0 Å². The second kappa shape index (κ2) is 13.5. The van der Waals surface area contributed by atoms with Crippen molar-refractivity contribution in [3.8, 4) is 0 Å². The molecule has 0 unspecified atom stereocenters. The third-order valence-electron chi connectivity index (χ3n) is 17.0. The van der Waals surface area contributed by atoms with Gasteiger partial charge in [-0.2, -0.15) is 0 Å². The van der Waals surface area contributed by atoms with Gasteiger partial charge in [-0.1, -0.05) is 53.2 Å². The van der Waals surface area contributed by atoms with Crippen LogP contribution in [0.25, 0.3) is 0 Å². The molecule has 6 fully saturated rings. The van der Waals surface area contributed by atoms with E-state index in [9.17, 15) is 40.5 Å². The van der Waals surface area contributed by atoms with Gasteiger partial charge in [0.2, 0.25) is 0 Å². The number of fused-ring (bicyclic) bond motifs is 7. The van der Waals surface area contributed by atoms with E-state index in [-0.39, 0.29) is 40.1 Å². The summed E-state index contributed by atoms with van der Waals surface area (Å²) in [4.78, 5) is 13.0. The molecular weight excluding hydrogens is 684 g/mol. The van der Waals surface area contributed by atoms with E-state index in [1.807, 2.05) is 0 Å². The Labute approximate surface area is 314 Å². The number of carbonyl (C=O) groups is 1. The van der Waals surface area contributed by atoms with E-state index in [1.165, 1.54) is 5.57 Å². The minimum Gasteiger partial charge on any atom is -0.481 e. The highest BCUT2D eigenvalue weighted by Gasteiger charge is 2.70. The van der Waals surface area contributed by atoms with Crippen LogP contribution in [-0.2, 0) is 23.7 Å². The first-order chi connectivity index (χ1) is 24.7. The fourth-order valence-electron chi connectivity index (χ4n) is 13.4. The van der Waals surface area contributed by atoms with Crippen LogP contribution in [0.1, 0.15) is 113 Å². The van der Waals surface area contributed by atoms with Gasteiger partial charge in [0.15, 0.2) is 12.6 Å².